The Bertz CT molecular complexity index is 1580. The van der Waals surface area contributed by atoms with Crippen LogP contribution in [0, 0.1) is 0 Å². The highest BCUT2D eigenvalue weighted by atomic mass is 32.1. The minimum absolute atomic E-state index is 0.00952. The Balaban J connectivity index is 1.18. The zero-order valence-corrected chi connectivity index (χ0v) is 24.1. The van der Waals surface area contributed by atoms with Crippen LogP contribution in [0.4, 0.5) is 11.4 Å². The molecule has 2 fully saturated rings. The van der Waals surface area contributed by atoms with Gasteiger partial charge < -0.3 is 20.4 Å². The summed E-state index contributed by atoms with van der Waals surface area (Å²) in [6.45, 7) is 5.97. The molecule has 2 aliphatic heterocycles. The van der Waals surface area contributed by atoms with Gasteiger partial charge in [-0.2, -0.15) is 0 Å². The summed E-state index contributed by atoms with van der Waals surface area (Å²) >= 11 is 1.50. The number of hydrogen-bond acceptors (Lipinski definition) is 6. The molecule has 0 radical (unpaired) electrons. The first kappa shape index (κ1) is 27.0. The Morgan fingerprint density at radius 3 is 2.56 bits per heavy atom. The first-order valence-corrected chi connectivity index (χ1v) is 14.9. The molecule has 0 atom stereocenters. The topological polar surface area (TPSA) is 94.6 Å². The van der Waals surface area contributed by atoms with Crippen molar-refractivity contribution < 1.29 is 14.4 Å². The van der Waals surface area contributed by atoms with Crippen LogP contribution in [-0.2, 0) is 11.2 Å². The van der Waals surface area contributed by atoms with Gasteiger partial charge in [0.1, 0.15) is 0 Å². The minimum atomic E-state index is -0.196. The number of benzene rings is 1. The van der Waals surface area contributed by atoms with Crippen molar-refractivity contribution in [3.05, 3.63) is 88.2 Å². The number of pyridine rings is 1. The lowest BCUT2D eigenvalue weighted by Gasteiger charge is -2.34. The van der Waals surface area contributed by atoms with E-state index in [-0.39, 0.29) is 17.7 Å². The molecule has 0 spiro atoms. The Kier molecular flexibility index (Phi) is 7.45. The molecule has 3 aromatic rings. The summed E-state index contributed by atoms with van der Waals surface area (Å²) in [7, 11) is 0. The molecular formula is C32H33N5O3S. The van der Waals surface area contributed by atoms with Crippen LogP contribution < -0.4 is 20.4 Å². The van der Waals surface area contributed by atoms with E-state index in [1.807, 2.05) is 42.2 Å². The quantitative estimate of drug-likeness (QED) is 0.307. The molecule has 3 amide bonds. The number of nitrogens with zero attached hydrogens (tertiary/aromatic N) is 3. The first-order chi connectivity index (χ1) is 19.9. The lowest BCUT2D eigenvalue weighted by Crippen LogP contribution is -2.38. The zero-order chi connectivity index (χ0) is 28.5. The van der Waals surface area contributed by atoms with Gasteiger partial charge in [0.25, 0.3) is 17.7 Å². The number of nitrogens with one attached hydrogen (secondary N) is 2. The third-order valence-corrected chi connectivity index (χ3v) is 8.92. The maximum absolute atomic E-state index is 13.7. The van der Waals surface area contributed by atoms with E-state index in [0.29, 0.717) is 35.8 Å². The molecule has 1 aliphatic carbocycles. The van der Waals surface area contributed by atoms with E-state index in [1.165, 1.54) is 11.3 Å². The van der Waals surface area contributed by atoms with Gasteiger partial charge in [-0.15, -0.1) is 11.3 Å². The number of carbonyl (C=O) groups excluding carboxylic acids is 3. The van der Waals surface area contributed by atoms with E-state index in [0.717, 1.165) is 64.6 Å². The monoisotopic (exact) mass is 567 g/mol. The summed E-state index contributed by atoms with van der Waals surface area (Å²) < 4.78 is 0. The van der Waals surface area contributed by atoms with E-state index in [2.05, 4.69) is 20.5 Å². The fourth-order valence-corrected chi connectivity index (χ4v) is 6.26. The van der Waals surface area contributed by atoms with E-state index in [1.54, 1.807) is 37.5 Å². The van der Waals surface area contributed by atoms with Gasteiger partial charge in [0.15, 0.2) is 0 Å². The van der Waals surface area contributed by atoms with Gasteiger partial charge in [0.05, 0.1) is 28.0 Å². The fraction of sp³-hybridized carbons (Fsp3) is 0.312. The van der Waals surface area contributed by atoms with Gasteiger partial charge >= 0.3 is 0 Å². The van der Waals surface area contributed by atoms with Crippen LogP contribution in [0.25, 0.3) is 10.4 Å². The van der Waals surface area contributed by atoms with Gasteiger partial charge in [0.2, 0.25) is 0 Å². The molecule has 1 saturated carbocycles. The highest BCUT2D eigenvalue weighted by Crippen LogP contribution is 2.42. The van der Waals surface area contributed by atoms with Crippen molar-refractivity contribution in [2.24, 2.45) is 0 Å². The number of rotatable bonds is 7. The van der Waals surface area contributed by atoms with E-state index in [4.69, 9.17) is 0 Å². The minimum Gasteiger partial charge on any atom is -0.370 e. The molecule has 3 aliphatic rings. The van der Waals surface area contributed by atoms with Gasteiger partial charge in [-0.25, -0.2) is 0 Å². The number of para-hydroxylation sites is 1. The van der Waals surface area contributed by atoms with Crippen molar-refractivity contribution in [1.29, 1.82) is 0 Å². The highest BCUT2D eigenvalue weighted by Gasteiger charge is 2.29. The van der Waals surface area contributed by atoms with Gasteiger partial charge in [-0.1, -0.05) is 24.3 Å². The average Bonchev–Trinajstić information content (AvgIpc) is 3.69. The predicted octanol–water partition coefficient (Wildman–Crippen LogP) is 5.08. The van der Waals surface area contributed by atoms with Crippen molar-refractivity contribution in [3.8, 4) is 10.4 Å². The second-order valence-electron chi connectivity index (χ2n) is 10.8. The molecule has 6 rings (SSSR count). The molecule has 1 saturated heterocycles. The van der Waals surface area contributed by atoms with Gasteiger partial charge in [-0.3, -0.25) is 19.4 Å². The number of anilines is 2. The summed E-state index contributed by atoms with van der Waals surface area (Å²) in [5.41, 5.74) is 5.53. The maximum atomic E-state index is 13.7. The van der Waals surface area contributed by atoms with E-state index < -0.39 is 0 Å². The SMILES string of the molecule is CC(=CC=C(C)C(=O)N1CCc2cc(C(=O)NC3CC3)sc2-c2ccccc21)NC(=O)c1ccncc1N1CCC1. The number of aromatic nitrogens is 1. The maximum Gasteiger partial charge on any atom is 0.261 e. The second-order valence-corrected chi connectivity index (χ2v) is 11.9. The third kappa shape index (κ3) is 5.67. The van der Waals surface area contributed by atoms with Crippen molar-refractivity contribution in [1.82, 2.24) is 15.6 Å². The van der Waals surface area contributed by atoms with Gasteiger partial charge in [0, 0.05) is 53.6 Å². The van der Waals surface area contributed by atoms with Crippen LogP contribution in [-0.4, -0.2) is 48.4 Å². The van der Waals surface area contributed by atoms with E-state index >= 15 is 0 Å². The van der Waals surface area contributed by atoms with Crippen molar-refractivity contribution in [2.45, 2.75) is 45.6 Å². The molecule has 9 heteroatoms. The number of thiophene rings is 1. The van der Waals surface area contributed by atoms with Gasteiger partial charge in [-0.05, 0) is 69.4 Å². The number of allylic oxidation sites excluding steroid dienone is 3. The molecular weight excluding hydrogens is 534 g/mol. The normalized spacial score (nSPS) is 16.7. The van der Waals surface area contributed by atoms with Crippen molar-refractivity contribution in [2.75, 3.05) is 29.4 Å². The van der Waals surface area contributed by atoms with Crippen LogP contribution in [0.2, 0.25) is 0 Å². The summed E-state index contributed by atoms with van der Waals surface area (Å²) in [4.78, 5) is 49.3. The lowest BCUT2D eigenvalue weighted by molar-refractivity contribution is -0.115. The summed E-state index contributed by atoms with van der Waals surface area (Å²) in [6.07, 6.45) is 10.8. The molecule has 8 nitrogen and oxygen atoms in total. The summed E-state index contributed by atoms with van der Waals surface area (Å²) in [6, 6.07) is 11.9. The molecule has 2 N–H and O–H groups in total. The first-order valence-electron chi connectivity index (χ1n) is 14.1. The van der Waals surface area contributed by atoms with Crippen molar-refractivity contribution >= 4 is 40.4 Å². The second kappa shape index (κ2) is 11.3. The zero-order valence-electron chi connectivity index (χ0n) is 23.3. The van der Waals surface area contributed by atoms with Crippen LogP contribution >= 0.6 is 11.3 Å². The Morgan fingerprint density at radius 2 is 1.80 bits per heavy atom. The van der Waals surface area contributed by atoms with Crippen LogP contribution in [0.3, 0.4) is 0 Å². The number of hydrogen-bond donors (Lipinski definition) is 2. The third-order valence-electron chi connectivity index (χ3n) is 7.71. The lowest BCUT2D eigenvalue weighted by atomic mass is 10.1. The molecule has 41 heavy (non-hydrogen) atoms. The molecule has 0 unspecified atom stereocenters. The van der Waals surface area contributed by atoms with Crippen molar-refractivity contribution in [3.63, 3.8) is 0 Å². The Hall–Kier alpha value is -4.24. The van der Waals surface area contributed by atoms with Crippen LogP contribution in [0.15, 0.2) is 72.2 Å². The Labute approximate surface area is 243 Å². The van der Waals surface area contributed by atoms with E-state index in [9.17, 15) is 14.4 Å². The molecule has 1 aromatic carbocycles. The summed E-state index contributed by atoms with van der Waals surface area (Å²) in [5.74, 6) is -0.299. The number of fused-ring (bicyclic) bond motifs is 3. The highest BCUT2D eigenvalue weighted by molar-refractivity contribution is 7.17. The average molecular weight is 568 g/mol. The molecule has 210 valence electrons. The van der Waals surface area contributed by atoms with Crippen LogP contribution in [0.1, 0.15) is 58.7 Å². The molecule has 4 heterocycles. The standard InChI is InChI=1S/C32H33N5O3S/c1-20(8-9-21(2)34-30(38)25-12-14-33-19-27(25)36-15-5-16-36)32(40)37-17-13-22-18-28(31(39)35-23-10-11-23)41-29(22)24-6-3-4-7-26(24)37/h3-4,6-9,12,14,18-19,23H,5,10-11,13,15-17H2,1-2H3,(H,34,38)(H,35,39). The fourth-order valence-electron chi connectivity index (χ4n) is 5.11. The number of carbonyl (C=O) groups is 3. The predicted molar refractivity (Wildman–Crippen MR) is 162 cm³/mol. The smallest absolute Gasteiger partial charge is 0.261 e. The Morgan fingerprint density at radius 1 is 1.00 bits per heavy atom. The largest absolute Gasteiger partial charge is 0.370 e. The molecule has 2 aromatic heterocycles. The summed E-state index contributed by atoms with van der Waals surface area (Å²) in [5, 5.41) is 6.03. The number of amides is 3. The van der Waals surface area contributed by atoms with Crippen LogP contribution in [0.5, 0.6) is 0 Å². The molecule has 0 bridgehead atoms.